The van der Waals surface area contributed by atoms with Crippen LogP contribution in [0.3, 0.4) is 0 Å². The zero-order valence-electron chi connectivity index (χ0n) is 20.2. The molecule has 1 atom stereocenters. The van der Waals surface area contributed by atoms with E-state index in [0.717, 1.165) is 15.9 Å². The molecule has 0 saturated carbocycles. The van der Waals surface area contributed by atoms with Crippen molar-refractivity contribution in [1.82, 2.24) is 10.2 Å². The van der Waals surface area contributed by atoms with Crippen molar-refractivity contribution in [2.75, 3.05) is 17.1 Å². The van der Waals surface area contributed by atoms with Gasteiger partial charge in [-0.25, -0.2) is 12.8 Å². The molecule has 3 rings (SSSR count). The molecular formula is C26H30FN3O4S. The van der Waals surface area contributed by atoms with Gasteiger partial charge in [-0.05, 0) is 38.3 Å². The van der Waals surface area contributed by atoms with Gasteiger partial charge in [-0.3, -0.25) is 13.9 Å². The Balaban J connectivity index is 2.01. The maximum atomic E-state index is 14.4. The zero-order valence-corrected chi connectivity index (χ0v) is 21.0. The molecule has 0 fully saturated rings. The highest BCUT2D eigenvalue weighted by Crippen LogP contribution is 2.28. The summed E-state index contributed by atoms with van der Waals surface area (Å²) in [6.07, 6.45) is 1.03. The summed E-state index contributed by atoms with van der Waals surface area (Å²) in [6.45, 7) is 4.39. The molecule has 3 aromatic carbocycles. The molecule has 0 aliphatic rings. The third-order valence-corrected chi connectivity index (χ3v) is 6.74. The van der Waals surface area contributed by atoms with Crippen molar-refractivity contribution in [1.29, 1.82) is 0 Å². The zero-order chi connectivity index (χ0) is 25.8. The lowest BCUT2D eigenvalue weighted by Gasteiger charge is -2.32. The molecule has 0 aliphatic heterocycles. The van der Waals surface area contributed by atoms with Gasteiger partial charge in [-0.15, -0.1) is 0 Å². The molecule has 1 unspecified atom stereocenters. The molecule has 3 aromatic rings. The van der Waals surface area contributed by atoms with Gasteiger partial charge in [0.15, 0.2) is 0 Å². The first-order valence-electron chi connectivity index (χ1n) is 11.3. The van der Waals surface area contributed by atoms with Gasteiger partial charge >= 0.3 is 0 Å². The molecule has 35 heavy (non-hydrogen) atoms. The summed E-state index contributed by atoms with van der Waals surface area (Å²) in [5.74, 6) is -1.56. The SMILES string of the molecule is CC(C)NC(=O)C(C)N(Cc1ccccc1F)C(=O)CN(c1cccc2ccccc12)S(C)(=O)=O. The highest BCUT2D eigenvalue weighted by atomic mass is 32.2. The molecule has 0 bridgehead atoms. The van der Waals surface area contributed by atoms with Gasteiger partial charge in [0.1, 0.15) is 18.4 Å². The molecule has 1 N–H and O–H groups in total. The minimum absolute atomic E-state index is 0.168. The van der Waals surface area contributed by atoms with Crippen LogP contribution >= 0.6 is 0 Å². The fraction of sp³-hybridized carbons (Fsp3) is 0.308. The van der Waals surface area contributed by atoms with Crippen LogP contribution in [-0.4, -0.2) is 50.0 Å². The summed E-state index contributed by atoms with van der Waals surface area (Å²) in [6, 6.07) is 17.3. The molecule has 0 spiro atoms. The number of hydrogen-bond acceptors (Lipinski definition) is 4. The quantitative estimate of drug-likeness (QED) is 0.487. The number of halogens is 1. The van der Waals surface area contributed by atoms with Gasteiger partial charge < -0.3 is 10.2 Å². The van der Waals surface area contributed by atoms with E-state index in [9.17, 15) is 22.4 Å². The van der Waals surface area contributed by atoms with Crippen molar-refractivity contribution in [3.63, 3.8) is 0 Å². The van der Waals surface area contributed by atoms with E-state index in [1.165, 1.54) is 23.1 Å². The van der Waals surface area contributed by atoms with E-state index in [0.29, 0.717) is 11.1 Å². The number of rotatable bonds is 9. The Morgan fingerprint density at radius 1 is 0.943 bits per heavy atom. The molecule has 186 valence electrons. The van der Waals surface area contributed by atoms with E-state index >= 15 is 0 Å². The molecule has 0 aliphatic carbocycles. The lowest BCUT2D eigenvalue weighted by Crippen LogP contribution is -2.52. The largest absolute Gasteiger partial charge is 0.352 e. The maximum absolute atomic E-state index is 14.4. The predicted molar refractivity (Wildman–Crippen MR) is 136 cm³/mol. The minimum atomic E-state index is -3.87. The number of hydrogen-bond donors (Lipinski definition) is 1. The molecule has 2 amide bonds. The van der Waals surface area contributed by atoms with Crippen LogP contribution in [0.15, 0.2) is 66.7 Å². The minimum Gasteiger partial charge on any atom is -0.352 e. The number of nitrogens with zero attached hydrogens (tertiary/aromatic N) is 2. The first-order valence-corrected chi connectivity index (χ1v) is 13.1. The predicted octanol–water partition coefficient (Wildman–Crippen LogP) is 3.69. The van der Waals surface area contributed by atoms with E-state index in [-0.39, 0.29) is 18.2 Å². The second-order valence-electron chi connectivity index (χ2n) is 8.72. The van der Waals surface area contributed by atoms with Crippen molar-refractivity contribution in [2.45, 2.75) is 39.4 Å². The fourth-order valence-corrected chi connectivity index (χ4v) is 4.68. The number of carbonyl (C=O) groups excluding carboxylic acids is 2. The number of amides is 2. The second kappa shape index (κ2) is 10.9. The molecule has 0 aromatic heterocycles. The van der Waals surface area contributed by atoms with Gasteiger partial charge in [-0.1, -0.05) is 54.6 Å². The fourth-order valence-electron chi connectivity index (χ4n) is 3.82. The number of nitrogens with one attached hydrogen (secondary N) is 1. The Morgan fingerprint density at radius 3 is 2.23 bits per heavy atom. The molecule has 7 nitrogen and oxygen atoms in total. The highest BCUT2D eigenvalue weighted by molar-refractivity contribution is 7.92. The van der Waals surface area contributed by atoms with Crippen LogP contribution in [0.25, 0.3) is 10.8 Å². The number of sulfonamides is 1. The van der Waals surface area contributed by atoms with Gasteiger partial charge in [0.05, 0.1) is 11.9 Å². The van der Waals surface area contributed by atoms with Gasteiger partial charge in [-0.2, -0.15) is 0 Å². The van der Waals surface area contributed by atoms with Crippen molar-refractivity contribution in [3.8, 4) is 0 Å². The van der Waals surface area contributed by atoms with Crippen molar-refractivity contribution in [2.24, 2.45) is 0 Å². The number of anilines is 1. The number of benzene rings is 3. The standard InChI is InChI=1S/C26H30FN3O4S/c1-18(2)28-26(32)19(3)29(16-21-11-6-8-14-23(21)27)25(31)17-30(35(4,33)34)24-15-9-12-20-10-5-7-13-22(20)24/h5-15,18-19H,16-17H2,1-4H3,(H,28,32). The third kappa shape index (κ3) is 6.36. The topological polar surface area (TPSA) is 86.8 Å². The molecule has 9 heteroatoms. The molecule has 0 heterocycles. The van der Waals surface area contributed by atoms with Gasteiger partial charge in [0.2, 0.25) is 21.8 Å². The lowest BCUT2D eigenvalue weighted by molar-refractivity contribution is -0.139. The first-order chi connectivity index (χ1) is 16.5. The van der Waals surface area contributed by atoms with Gasteiger partial charge in [0, 0.05) is 23.5 Å². The van der Waals surface area contributed by atoms with Crippen molar-refractivity contribution in [3.05, 3.63) is 78.1 Å². The average molecular weight is 500 g/mol. The van der Waals surface area contributed by atoms with Crippen LogP contribution in [0, 0.1) is 5.82 Å². The van der Waals surface area contributed by atoms with E-state index < -0.39 is 40.2 Å². The Morgan fingerprint density at radius 2 is 1.57 bits per heavy atom. The Labute approximate surface area is 205 Å². The van der Waals surface area contributed by atoms with E-state index in [1.54, 1.807) is 51.1 Å². The van der Waals surface area contributed by atoms with E-state index in [1.807, 2.05) is 18.2 Å². The Hall–Kier alpha value is -3.46. The summed E-state index contributed by atoms with van der Waals surface area (Å²) < 4.78 is 41.1. The average Bonchev–Trinajstić information content (AvgIpc) is 2.80. The van der Waals surface area contributed by atoms with E-state index in [2.05, 4.69) is 5.32 Å². The molecular weight excluding hydrogens is 469 g/mol. The Kier molecular flexibility index (Phi) is 8.11. The summed E-state index contributed by atoms with van der Waals surface area (Å²) in [7, 11) is -3.87. The maximum Gasteiger partial charge on any atom is 0.244 e. The van der Waals surface area contributed by atoms with E-state index in [4.69, 9.17) is 0 Å². The summed E-state index contributed by atoms with van der Waals surface area (Å²) in [5.41, 5.74) is 0.574. The highest BCUT2D eigenvalue weighted by Gasteiger charge is 2.31. The van der Waals surface area contributed by atoms with Crippen LogP contribution in [0.2, 0.25) is 0 Å². The van der Waals surface area contributed by atoms with Crippen LogP contribution < -0.4 is 9.62 Å². The Bertz CT molecular complexity index is 1320. The van der Waals surface area contributed by atoms with Crippen LogP contribution in [0.5, 0.6) is 0 Å². The second-order valence-corrected chi connectivity index (χ2v) is 10.6. The van der Waals surface area contributed by atoms with Crippen molar-refractivity contribution < 1.29 is 22.4 Å². The van der Waals surface area contributed by atoms with Crippen molar-refractivity contribution >= 4 is 38.3 Å². The number of fused-ring (bicyclic) bond motifs is 1. The monoisotopic (exact) mass is 499 g/mol. The smallest absolute Gasteiger partial charge is 0.244 e. The molecule has 0 radical (unpaired) electrons. The number of carbonyl (C=O) groups is 2. The lowest BCUT2D eigenvalue weighted by atomic mass is 10.1. The van der Waals surface area contributed by atoms with Crippen LogP contribution in [0.4, 0.5) is 10.1 Å². The molecule has 0 saturated heterocycles. The van der Waals surface area contributed by atoms with Crippen LogP contribution in [-0.2, 0) is 26.2 Å². The third-order valence-electron chi connectivity index (χ3n) is 5.61. The summed E-state index contributed by atoms with van der Waals surface area (Å²) >= 11 is 0. The van der Waals surface area contributed by atoms with Crippen LogP contribution in [0.1, 0.15) is 26.3 Å². The summed E-state index contributed by atoms with van der Waals surface area (Å²) in [5, 5.41) is 4.24. The summed E-state index contributed by atoms with van der Waals surface area (Å²) in [4.78, 5) is 27.6. The van der Waals surface area contributed by atoms with Gasteiger partial charge in [0.25, 0.3) is 0 Å². The first kappa shape index (κ1) is 26.2. The normalized spacial score (nSPS) is 12.4.